The lowest BCUT2D eigenvalue weighted by molar-refractivity contribution is 0.0390. The van der Waals surface area contributed by atoms with Crippen LogP contribution < -0.4 is 5.73 Å². The molecule has 1 aromatic rings. The van der Waals surface area contributed by atoms with E-state index in [-0.39, 0.29) is 5.54 Å². The number of nitrogens with two attached hydrogens (primary N) is 1. The summed E-state index contributed by atoms with van der Waals surface area (Å²) in [5.41, 5.74) is 6.79. The molecule has 1 unspecified atom stereocenters. The van der Waals surface area contributed by atoms with Gasteiger partial charge in [0.25, 0.3) is 0 Å². The molecule has 0 bridgehead atoms. The molecule has 2 N–H and O–H groups in total. The molecule has 0 radical (unpaired) electrons. The molecule has 0 aromatic carbocycles. The topological polar surface area (TPSA) is 51.6 Å². The van der Waals surface area contributed by atoms with Gasteiger partial charge in [-0.25, -0.2) is 0 Å². The van der Waals surface area contributed by atoms with Crippen LogP contribution in [0.2, 0.25) is 0 Å². The van der Waals surface area contributed by atoms with E-state index < -0.39 is 0 Å². The molecule has 0 amide bonds. The fourth-order valence-electron chi connectivity index (χ4n) is 1.48. The van der Waals surface area contributed by atoms with Crippen molar-refractivity contribution >= 4 is 0 Å². The molecule has 0 saturated heterocycles. The van der Waals surface area contributed by atoms with Crippen LogP contribution in [-0.2, 0) is 11.3 Å². The molecule has 15 heavy (non-hydrogen) atoms. The van der Waals surface area contributed by atoms with E-state index in [2.05, 4.69) is 11.8 Å². The second kappa shape index (κ2) is 5.30. The van der Waals surface area contributed by atoms with Crippen LogP contribution in [0.3, 0.4) is 0 Å². The zero-order valence-electron chi connectivity index (χ0n) is 9.69. The van der Waals surface area contributed by atoms with Gasteiger partial charge < -0.3 is 14.9 Å². The highest BCUT2D eigenvalue weighted by Crippen LogP contribution is 2.15. The third-order valence-electron chi connectivity index (χ3n) is 2.82. The smallest absolute Gasteiger partial charge is 0.0947 e. The van der Waals surface area contributed by atoms with Crippen molar-refractivity contribution in [3.05, 3.63) is 24.2 Å². The summed E-state index contributed by atoms with van der Waals surface area (Å²) < 4.78 is 10.2. The SMILES string of the molecule is COCC(C)(CN)N(C)Cc1ccoc1. The predicted octanol–water partition coefficient (Wildman–Crippen LogP) is 1.08. The minimum absolute atomic E-state index is 0.133. The summed E-state index contributed by atoms with van der Waals surface area (Å²) >= 11 is 0. The monoisotopic (exact) mass is 212 g/mol. The Bertz CT molecular complexity index is 274. The Labute approximate surface area is 91.0 Å². The Hall–Kier alpha value is -0.840. The van der Waals surface area contributed by atoms with Gasteiger partial charge in [0.1, 0.15) is 0 Å². The molecule has 4 heteroatoms. The first-order valence-electron chi connectivity index (χ1n) is 5.03. The van der Waals surface area contributed by atoms with Gasteiger partial charge in [-0.3, -0.25) is 4.90 Å². The van der Waals surface area contributed by atoms with Crippen molar-refractivity contribution in [2.45, 2.75) is 19.0 Å². The molecular formula is C11H20N2O2. The maximum absolute atomic E-state index is 5.78. The summed E-state index contributed by atoms with van der Waals surface area (Å²) in [6.07, 6.45) is 3.43. The number of rotatable bonds is 6. The highest BCUT2D eigenvalue weighted by atomic mass is 16.5. The van der Waals surface area contributed by atoms with Crippen molar-refractivity contribution in [1.29, 1.82) is 0 Å². The summed E-state index contributed by atoms with van der Waals surface area (Å²) in [6.45, 7) is 4.09. The van der Waals surface area contributed by atoms with Gasteiger partial charge in [-0.1, -0.05) is 0 Å². The molecule has 0 aliphatic rings. The first-order chi connectivity index (χ1) is 7.12. The molecule has 1 heterocycles. The van der Waals surface area contributed by atoms with Gasteiger partial charge in [0, 0.05) is 25.8 Å². The Morgan fingerprint density at radius 2 is 2.33 bits per heavy atom. The molecule has 4 nitrogen and oxygen atoms in total. The molecule has 1 aromatic heterocycles. The Balaban J connectivity index is 2.60. The molecule has 0 spiro atoms. The van der Waals surface area contributed by atoms with Gasteiger partial charge in [-0.15, -0.1) is 0 Å². The fraction of sp³-hybridized carbons (Fsp3) is 0.636. The van der Waals surface area contributed by atoms with E-state index in [1.807, 2.05) is 13.1 Å². The van der Waals surface area contributed by atoms with Gasteiger partial charge in [-0.2, -0.15) is 0 Å². The van der Waals surface area contributed by atoms with Gasteiger partial charge in [0.2, 0.25) is 0 Å². The zero-order chi connectivity index (χ0) is 11.3. The standard InChI is InChI=1S/C11H20N2O2/c1-11(8-12,9-14-3)13(2)6-10-4-5-15-7-10/h4-5,7H,6,8-9,12H2,1-3H3. The minimum atomic E-state index is -0.133. The molecule has 1 atom stereocenters. The summed E-state index contributed by atoms with van der Waals surface area (Å²) in [5.74, 6) is 0. The first-order valence-corrected chi connectivity index (χ1v) is 5.03. The zero-order valence-corrected chi connectivity index (χ0v) is 9.69. The summed E-state index contributed by atoms with van der Waals surface area (Å²) in [6, 6.07) is 1.96. The summed E-state index contributed by atoms with van der Waals surface area (Å²) in [7, 11) is 3.73. The lowest BCUT2D eigenvalue weighted by Crippen LogP contribution is -2.52. The number of furan rings is 1. The third kappa shape index (κ3) is 3.06. The van der Waals surface area contributed by atoms with E-state index >= 15 is 0 Å². The van der Waals surface area contributed by atoms with Gasteiger partial charge >= 0.3 is 0 Å². The predicted molar refractivity (Wildman–Crippen MR) is 59.5 cm³/mol. The van der Waals surface area contributed by atoms with Crippen molar-refractivity contribution in [3.8, 4) is 0 Å². The molecule has 0 fully saturated rings. The lowest BCUT2D eigenvalue weighted by Gasteiger charge is -2.37. The Kier molecular flexibility index (Phi) is 4.32. The molecule has 0 saturated carbocycles. The van der Waals surface area contributed by atoms with Crippen molar-refractivity contribution in [2.24, 2.45) is 5.73 Å². The van der Waals surface area contributed by atoms with Crippen LogP contribution in [0.5, 0.6) is 0 Å². The fourth-order valence-corrected chi connectivity index (χ4v) is 1.48. The maximum Gasteiger partial charge on any atom is 0.0947 e. The van der Waals surface area contributed by atoms with E-state index in [1.165, 1.54) is 0 Å². The van der Waals surface area contributed by atoms with E-state index in [9.17, 15) is 0 Å². The van der Waals surface area contributed by atoms with Crippen molar-refractivity contribution < 1.29 is 9.15 Å². The number of hydrogen-bond donors (Lipinski definition) is 1. The van der Waals surface area contributed by atoms with Crippen LogP contribution in [0.4, 0.5) is 0 Å². The maximum atomic E-state index is 5.78. The number of ether oxygens (including phenoxy) is 1. The van der Waals surface area contributed by atoms with Crippen LogP contribution in [0.25, 0.3) is 0 Å². The Morgan fingerprint density at radius 1 is 1.60 bits per heavy atom. The second-order valence-corrected chi connectivity index (χ2v) is 4.12. The van der Waals surface area contributed by atoms with E-state index in [4.69, 9.17) is 14.9 Å². The van der Waals surface area contributed by atoms with Gasteiger partial charge in [0.15, 0.2) is 0 Å². The molecule has 1 rings (SSSR count). The van der Waals surface area contributed by atoms with Gasteiger partial charge in [-0.05, 0) is 20.0 Å². The Morgan fingerprint density at radius 3 is 2.80 bits per heavy atom. The van der Waals surface area contributed by atoms with E-state index in [0.717, 1.165) is 12.1 Å². The number of methoxy groups -OCH3 is 1. The third-order valence-corrected chi connectivity index (χ3v) is 2.82. The molecular weight excluding hydrogens is 192 g/mol. The summed E-state index contributed by atoms with van der Waals surface area (Å²) in [5, 5.41) is 0. The van der Waals surface area contributed by atoms with Crippen molar-refractivity contribution in [2.75, 3.05) is 27.3 Å². The normalized spacial score (nSPS) is 15.5. The number of hydrogen-bond acceptors (Lipinski definition) is 4. The van der Waals surface area contributed by atoms with Crippen molar-refractivity contribution in [3.63, 3.8) is 0 Å². The van der Waals surface area contributed by atoms with Gasteiger partial charge in [0.05, 0.1) is 24.7 Å². The largest absolute Gasteiger partial charge is 0.472 e. The van der Waals surface area contributed by atoms with Crippen LogP contribution >= 0.6 is 0 Å². The average molecular weight is 212 g/mol. The van der Waals surface area contributed by atoms with Crippen LogP contribution in [0.1, 0.15) is 12.5 Å². The van der Waals surface area contributed by atoms with E-state index in [1.54, 1.807) is 19.6 Å². The highest BCUT2D eigenvalue weighted by Gasteiger charge is 2.27. The van der Waals surface area contributed by atoms with Crippen LogP contribution in [0.15, 0.2) is 23.0 Å². The number of nitrogens with zero attached hydrogens (tertiary/aromatic N) is 1. The van der Waals surface area contributed by atoms with Crippen LogP contribution in [-0.4, -0.2) is 37.7 Å². The molecule has 0 aliphatic carbocycles. The second-order valence-electron chi connectivity index (χ2n) is 4.12. The molecule has 86 valence electrons. The van der Waals surface area contributed by atoms with Crippen molar-refractivity contribution in [1.82, 2.24) is 4.90 Å². The van der Waals surface area contributed by atoms with E-state index in [0.29, 0.717) is 13.2 Å². The molecule has 0 aliphatic heterocycles. The highest BCUT2D eigenvalue weighted by molar-refractivity contribution is 5.06. The first kappa shape index (κ1) is 12.2. The minimum Gasteiger partial charge on any atom is -0.472 e. The van der Waals surface area contributed by atoms with Crippen LogP contribution in [0, 0.1) is 0 Å². The average Bonchev–Trinajstić information content (AvgIpc) is 2.70. The quantitative estimate of drug-likeness (QED) is 0.766. The summed E-state index contributed by atoms with van der Waals surface area (Å²) in [4.78, 5) is 2.18. The lowest BCUT2D eigenvalue weighted by atomic mass is 10.0. The number of likely N-dealkylation sites (N-methyl/N-ethyl adjacent to an activating group) is 1.